The van der Waals surface area contributed by atoms with Gasteiger partial charge in [-0.15, -0.1) is 0 Å². The molecule has 0 spiro atoms. The topological polar surface area (TPSA) is 66.8 Å². The fourth-order valence-corrected chi connectivity index (χ4v) is 4.13. The number of benzene rings is 2. The van der Waals surface area contributed by atoms with Gasteiger partial charge in [0.25, 0.3) is 0 Å². The maximum Gasteiger partial charge on any atom is 0.410 e. The molecule has 0 aromatic heterocycles. The summed E-state index contributed by atoms with van der Waals surface area (Å²) in [4.78, 5) is 24.6. The first-order valence-electron chi connectivity index (χ1n) is 7.91. The van der Waals surface area contributed by atoms with E-state index < -0.39 is 18.1 Å². The third-order valence-electron chi connectivity index (χ3n) is 4.52. The Bertz CT molecular complexity index is 762. The molecule has 2 aromatic carbocycles. The molecule has 0 radical (unpaired) electrons. The molecule has 0 bridgehead atoms. The first-order valence-corrected chi connectivity index (χ1v) is 9.43. The fraction of sp³-hybridized carbons (Fsp3) is 0.263. The monoisotopic (exact) mass is 451 g/mol. The Balaban J connectivity index is 1.78. The van der Waals surface area contributed by atoms with E-state index in [1.54, 1.807) is 0 Å². The Labute approximate surface area is 159 Å². The molecular formula is C19H18INO4. The van der Waals surface area contributed by atoms with Crippen LogP contribution in [-0.4, -0.2) is 46.2 Å². The highest BCUT2D eigenvalue weighted by molar-refractivity contribution is 14.1. The summed E-state index contributed by atoms with van der Waals surface area (Å²) in [6.45, 7) is 0.185. The van der Waals surface area contributed by atoms with Crippen LogP contribution >= 0.6 is 22.6 Å². The maximum atomic E-state index is 12.3. The second kappa shape index (κ2) is 7.43. The van der Waals surface area contributed by atoms with E-state index in [2.05, 4.69) is 12.1 Å². The molecule has 2 aromatic rings. The number of carboxylic acids is 1. The number of amides is 1. The lowest BCUT2D eigenvalue weighted by Gasteiger charge is -2.23. The smallest absolute Gasteiger partial charge is 0.410 e. The quantitative estimate of drug-likeness (QED) is 0.556. The molecule has 130 valence electrons. The van der Waals surface area contributed by atoms with Gasteiger partial charge in [-0.2, -0.15) is 0 Å². The van der Waals surface area contributed by atoms with Gasteiger partial charge in [0.05, 0.1) is 0 Å². The first kappa shape index (κ1) is 17.7. The number of ether oxygens (including phenoxy) is 1. The zero-order valence-corrected chi connectivity index (χ0v) is 15.8. The van der Waals surface area contributed by atoms with E-state index in [-0.39, 0.29) is 12.5 Å². The highest BCUT2D eigenvalue weighted by Gasteiger charge is 2.31. The van der Waals surface area contributed by atoms with Gasteiger partial charge in [-0.25, -0.2) is 9.59 Å². The van der Waals surface area contributed by atoms with Gasteiger partial charge in [-0.05, 0) is 22.3 Å². The second-order valence-corrected chi connectivity index (χ2v) is 6.80. The maximum absolute atomic E-state index is 12.3. The molecule has 1 N–H and O–H groups in total. The summed E-state index contributed by atoms with van der Waals surface area (Å²) in [5.41, 5.74) is 4.57. The summed E-state index contributed by atoms with van der Waals surface area (Å²) >= 11 is 1.95. The van der Waals surface area contributed by atoms with E-state index >= 15 is 0 Å². The largest absolute Gasteiger partial charge is 0.480 e. The number of aliphatic carboxylic acids is 1. The molecule has 0 saturated carbocycles. The number of hydrogen-bond acceptors (Lipinski definition) is 3. The van der Waals surface area contributed by atoms with E-state index in [4.69, 9.17) is 4.74 Å². The number of carboxylic acid groups (broad SMARTS) is 1. The normalized spacial score (nSPS) is 13.7. The highest BCUT2D eigenvalue weighted by Crippen LogP contribution is 2.44. The summed E-state index contributed by atoms with van der Waals surface area (Å²) in [5.74, 6) is -1.07. The lowest BCUT2D eigenvalue weighted by molar-refractivity contribution is -0.141. The zero-order valence-electron chi connectivity index (χ0n) is 13.7. The average molecular weight is 451 g/mol. The Kier molecular flexibility index (Phi) is 5.27. The van der Waals surface area contributed by atoms with Crippen molar-refractivity contribution in [1.29, 1.82) is 0 Å². The van der Waals surface area contributed by atoms with Crippen molar-refractivity contribution in [1.82, 2.24) is 4.90 Å². The van der Waals surface area contributed by atoms with Crippen molar-refractivity contribution < 1.29 is 19.4 Å². The van der Waals surface area contributed by atoms with Gasteiger partial charge >= 0.3 is 12.1 Å². The Morgan fingerprint density at radius 1 is 1.12 bits per heavy atom. The van der Waals surface area contributed by atoms with Crippen LogP contribution in [0.4, 0.5) is 4.79 Å². The molecule has 0 fully saturated rings. The van der Waals surface area contributed by atoms with Crippen LogP contribution in [0.2, 0.25) is 0 Å². The van der Waals surface area contributed by atoms with Crippen molar-refractivity contribution in [3.63, 3.8) is 0 Å². The lowest BCUT2D eigenvalue weighted by atomic mass is 9.98. The van der Waals surface area contributed by atoms with E-state index in [0.717, 1.165) is 27.2 Å². The van der Waals surface area contributed by atoms with Gasteiger partial charge in [0.15, 0.2) is 0 Å². The summed E-state index contributed by atoms with van der Waals surface area (Å²) in [6, 6.07) is 15.3. The van der Waals surface area contributed by atoms with Gasteiger partial charge in [-0.1, -0.05) is 71.1 Å². The average Bonchev–Trinajstić information content (AvgIpc) is 2.94. The van der Waals surface area contributed by atoms with Crippen LogP contribution in [0.25, 0.3) is 11.1 Å². The fourth-order valence-electron chi connectivity index (χ4n) is 3.16. The Morgan fingerprint density at radius 3 is 2.12 bits per heavy atom. The molecule has 0 saturated heterocycles. The van der Waals surface area contributed by atoms with Crippen molar-refractivity contribution in [2.24, 2.45) is 0 Å². The number of fused-ring (bicyclic) bond motifs is 3. The van der Waals surface area contributed by atoms with E-state index in [9.17, 15) is 14.7 Å². The third-order valence-corrected chi connectivity index (χ3v) is 5.36. The number of alkyl halides is 1. The number of halogens is 1. The van der Waals surface area contributed by atoms with Gasteiger partial charge < -0.3 is 9.84 Å². The molecular weight excluding hydrogens is 433 g/mol. The van der Waals surface area contributed by atoms with Crippen LogP contribution in [0.3, 0.4) is 0 Å². The molecule has 0 aliphatic heterocycles. The van der Waals surface area contributed by atoms with E-state index in [0.29, 0.717) is 4.43 Å². The number of carbonyl (C=O) groups excluding carboxylic acids is 1. The minimum absolute atomic E-state index is 0.0346. The minimum Gasteiger partial charge on any atom is -0.480 e. The van der Waals surface area contributed by atoms with Crippen LogP contribution in [0.5, 0.6) is 0 Å². The van der Waals surface area contributed by atoms with E-state index in [1.165, 1.54) is 7.05 Å². The summed E-state index contributed by atoms with van der Waals surface area (Å²) in [7, 11) is 1.45. The molecule has 5 nitrogen and oxygen atoms in total. The molecule has 3 rings (SSSR count). The molecule has 1 aliphatic rings. The number of hydrogen-bond donors (Lipinski definition) is 1. The summed E-state index contributed by atoms with van der Waals surface area (Å²) in [6.07, 6.45) is -0.620. The third kappa shape index (κ3) is 3.35. The Hall–Kier alpha value is -2.09. The van der Waals surface area contributed by atoms with Crippen LogP contribution in [0, 0.1) is 0 Å². The van der Waals surface area contributed by atoms with Gasteiger partial charge in [-0.3, -0.25) is 4.90 Å². The minimum atomic E-state index is -1.04. The standard InChI is InChI=1S/C19H18INO4/c1-21(17(10-20)18(22)23)19(24)25-11-16-14-8-4-2-6-12(14)13-7-3-5-9-15(13)16/h2-9,16-17H,10-11H2,1H3,(H,22,23). The Morgan fingerprint density at radius 2 is 1.64 bits per heavy atom. The molecule has 1 unspecified atom stereocenters. The van der Waals surface area contributed by atoms with Crippen molar-refractivity contribution in [2.45, 2.75) is 12.0 Å². The van der Waals surface area contributed by atoms with Crippen molar-refractivity contribution in [3.8, 4) is 11.1 Å². The second-order valence-electron chi connectivity index (χ2n) is 5.92. The van der Waals surface area contributed by atoms with Crippen LogP contribution in [-0.2, 0) is 9.53 Å². The van der Waals surface area contributed by atoms with Gasteiger partial charge in [0.2, 0.25) is 0 Å². The summed E-state index contributed by atoms with van der Waals surface area (Å²) < 4.78 is 5.75. The van der Waals surface area contributed by atoms with E-state index in [1.807, 2.05) is 59.0 Å². The van der Waals surface area contributed by atoms with Gasteiger partial charge in [0.1, 0.15) is 12.6 Å². The highest BCUT2D eigenvalue weighted by atomic mass is 127. The lowest BCUT2D eigenvalue weighted by Crippen LogP contribution is -2.44. The molecule has 6 heteroatoms. The van der Waals surface area contributed by atoms with Gasteiger partial charge in [0, 0.05) is 17.4 Å². The molecule has 0 heterocycles. The molecule has 1 atom stereocenters. The molecule has 1 amide bonds. The van der Waals surface area contributed by atoms with Crippen LogP contribution in [0.1, 0.15) is 17.0 Å². The predicted octanol–water partition coefficient (Wildman–Crippen LogP) is 3.76. The molecule has 1 aliphatic carbocycles. The number of likely N-dealkylation sites (N-methyl/N-ethyl adjacent to an activating group) is 1. The number of nitrogens with zero attached hydrogens (tertiary/aromatic N) is 1. The predicted molar refractivity (Wildman–Crippen MR) is 103 cm³/mol. The molecule has 25 heavy (non-hydrogen) atoms. The van der Waals surface area contributed by atoms with Crippen molar-refractivity contribution in [3.05, 3.63) is 59.7 Å². The SMILES string of the molecule is CN(C(=O)OCC1c2ccccc2-c2ccccc21)C(CI)C(=O)O. The number of rotatable bonds is 5. The van der Waals surface area contributed by atoms with Crippen LogP contribution in [0.15, 0.2) is 48.5 Å². The van der Waals surface area contributed by atoms with Crippen molar-refractivity contribution >= 4 is 34.7 Å². The van der Waals surface area contributed by atoms with Crippen LogP contribution < -0.4 is 0 Å². The zero-order chi connectivity index (χ0) is 18.0. The van der Waals surface area contributed by atoms with Crippen molar-refractivity contribution in [2.75, 3.05) is 18.1 Å². The first-order chi connectivity index (χ1) is 12.0. The summed E-state index contributed by atoms with van der Waals surface area (Å²) in [5, 5.41) is 9.18. The number of carbonyl (C=O) groups is 2.